The summed E-state index contributed by atoms with van der Waals surface area (Å²) in [5.41, 5.74) is -0.411. The van der Waals surface area contributed by atoms with Crippen LogP contribution in [0.25, 0.3) is 5.57 Å². The summed E-state index contributed by atoms with van der Waals surface area (Å²) in [4.78, 5) is 0. The summed E-state index contributed by atoms with van der Waals surface area (Å²) < 4.78 is 59.3. The minimum absolute atomic E-state index is 0.179. The topological polar surface area (TPSA) is 0 Å². The molecule has 0 N–H and O–H groups in total. The quantitative estimate of drug-likeness (QED) is 0.551. The lowest BCUT2D eigenvalue weighted by Crippen LogP contribution is -1.74. The van der Waals surface area contributed by atoms with Gasteiger partial charge in [-0.1, -0.05) is 49.4 Å². The van der Waals surface area contributed by atoms with Crippen LogP contribution in [0.15, 0.2) is 49.4 Å². The van der Waals surface area contributed by atoms with E-state index in [1.807, 2.05) is 0 Å². The van der Waals surface area contributed by atoms with Gasteiger partial charge in [0.1, 0.15) is 0 Å². The first-order valence-electron chi connectivity index (χ1n) is 6.73. The largest absolute Gasteiger partial charge is 0.0985 e. The van der Waals surface area contributed by atoms with Crippen LogP contribution in [0.4, 0.5) is 0 Å². The summed E-state index contributed by atoms with van der Waals surface area (Å²) in [6.45, 7) is 1.36. The van der Waals surface area contributed by atoms with Gasteiger partial charge in [0.05, 0.1) is 11.0 Å². The molecule has 0 aliphatic carbocycles. The van der Waals surface area contributed by atoms with Crippen molar-refractivity contribution in [2.24, 2.45) is 0 Å². The summed E-state index contributed by atoms with van der Waals surface area (Å²) in [5.74, 6) is 0. The maximum Gasteiger partial charge on any atom is 0.0629 e. The molecule has 0 radical (unpaired) electrons. The number of benzene rings is 1. The van der Waals surface area contributed by atoms with Gasteiger partial charge in [-0.25, -0.2) is 0 Å². The Morgan fingerprint density at radius 2 is 2.40 bits per heavy atom. The first kappa shape index (κ1) is 1.85. The van der Waals surface area contributed by atoms with E-state index >= 15 is 0 Å². The molecular formula is C10H10. The van der Waals surface area contributed by atoms with Crippen LogP contribution in [0, 0.1) is 0 Å². The summed E-state index contributed by atoms with van der Waals surface area (Å²) in [7, 11) is 0. The van der Waals surface area contributed by atoms with Crippen molar-refractivity contribution in [2.45, 2.75) is 0 Å². The molecule has 50 valence electrons. The van der Waals surface area contributed by atoms with Gasteiger partial charge in [-0.3, -0.25) is 0 Å². The van der Waals surface area contributed by atoms with Gasteiger partial charge in [-0.2, -0.15) is 0 Å². The van der Waals surface area contributed by atoms with Gasteiger partial charge < -0.3 is 0 Å². The van der Waals surface area contributed by atoms with E-state index in [0.29, 0.717) is 13.1 Å². The summed E-state index contributed by atoms with van der Waals surface area (Å²) in [6, 6.07) is -2.92. The fourth-order valence-electron chi connectivity index (χ4n) is 0.457. The molecule has 1 rings (SSSR count). The molecule has 1 aromatic carbocycles. The molecule has 0 aliphatic heterocycles. The highest BCUT2D eigenvalue weighted by molar-refractivity contribution is 5.71. The Kier molecular flexibility index (Phi) is 0.558. The van der Waals surface area contributed by atoms with Crippen molar-refractivity contribution in [2.75, 3.05) is 0 Å². The second kappa shape index (κ2) is 3.02. The molecule has 0 saturated heterocycles. The van der Waals surface area contributed by atoms with E-state index in [1.165, 1.54) is 0 Å². The van der Waals surface area contributed by atoms with Gasteiger partial charge in [0, 0.05) is 0 Å². The number of rotatable bonds is 2. The molecule has 0 unspecified atom stereocenters. The van der Waals surface area contributed by atoms with Crippen LogP contribution in [0.3, 0.4) is 0 Å². The molecule has 0 aliphatic rings. The minimum Gasteiger partial charge on any atom is -0.0985 e. The Labute approximate surface area is 72.8 Å². The zero-order valence-corrected chi connectivity index (χ0v) is 5.15. The van der Waals surface area contributed by atoms with Crippen molar-refractivity contribution < 1.29 is 11.0 Å². The minimum atomic E-state index is -0.528. The molecule has 0 amide bonds. The van der Waals surface area contributed by atoms with E-state index < -0.39 is 30.2 Å². The van der Waals surface area contributed by atoms with E-state index in [-0.39, 0.29) is 17.2 Å². The van der Waals surface area contributed by atoms with E-state index in [2.05, 4.69) is 0 Å². The monoisotopic (exact) mass is 138 g/mol. The number of hydrogen-bond acceptors (Lipinski definition) is 0. The third kappa shape index (κ3) is 1.35. The van der Waals surface area contributed by atoms with Crippen molar-refractivity contribution >= 4 is 5.57 Å². The van der Waals surface area contributed by atoms with Crippen LogP contribution in [0.1, 0.15) is 16.5 Å². The second-order valence-electron chi connectivity index (χ2n) is 1.56. The van der Waals surface area contributed by atoms with Crippen molar-refractivity contribution in [1.29, 1.82) is 0 Å². The summed E-state index contributed by atoms with van der Waals surface area (Å²) in [5, 5.41) is 0. The molecule has 0 heterocycles. The van der Waals surface area contributed by atoms with Gasteiger partial charge in [-0.05, 0) is 11.1 Å². The Morgan fingerprint density at radius 3 is 3.00 bits per heavy atom. The molecule has 0 fully saturated rings. The van der Waals surface area contributed by atoms with E-state index in [4.69, 9.17) is 11.0 Å². The first-order chi connectivity index (χ1) is 8.36. The second-order valence-corrected chi connectivity index (χ2v) is 1.56. The van der Waals surface area contributed by atoms with Crippen molar-refractivity contribution in [3.8, 4) is 0 Å². The molecule has 1 aromatic rings. The van der Waals surface area contributed by atoms with E-state index in [9.17, 15) is 0 Å². The standard InChI is InChI=1S/C10H10/c1-3-9(2)10-7-5-4-6-8-10/h3-8H,1-2H2/i1D,2D,3D,4D,5D,6D,7D,8D. The van der Waals surface area contributed by atoms with Crippen LogP contribution in [-0.4, -0.2) is 0 Å². The molecule has 0 heteroatoms. The van der Waals surface area contributed by atoms with Crippen LogP contribution >= 0.6 is 0 Å². The Morgan fingerprint density at radius 1 is 1.60 bits per heavy atom. The van der Waals surface area contributed by atoms with Crippen molar-refractivity contribution in [3.63, 3.8) is 0 Å². The maximum absolute atomic E-state index is 7.67. The molecule has 0 bridgehead atoms. The van der Waals surface area contributed by atoms with E-state index in [0.717, 1.165) is 0 Å². The fourth-order valence-corrected chi connectivity index (χ4v) is 0.457. The Balaban J connectivity index is 3.71. The summed E-state index contributed by atoms with van der Waals surface area (Å²) in [6.07, 6.45) is 0. The highest BCUT2D eigenvalue weighted by Crippen LogP contribution is 2.10. The zero-order chi connectivity index (χ0) is 14.0. The Hall–Kier alpha value is -1.30. The van der Waals surface area contributed by atoms with Gasteiger partial charge in [0.25, 0.3) is 0 Å². The lowest BCUT2D eigenvalue weighted by molar-refractivity contribution is 1.63. The van der Waals surface area contributed by atoms with Crippen molar-refractivity contribution in [1.82, 2.24) is 0 Å². The molecule has 0 aromatic heterocycles. The van der Waals surface area contributed by atoms with Gasteiger partial charge in [-0.15, -0.1) is 0 Å². The normalized spacial score (nSPS) is 24.4. The predicted octanol–water partition coefficient (Wildman–Crippen LogP) is 2.89. The molecule has 0 spiro atoms. The maximum atomic E-state index is 7.67. The molecule has 10 heavy (non-hydrogen) atoms. The smallest absolute Gasteiger partial charge is 0.0629 e. The third-order valence-corrected chi connectivity index (χ3v) is 0.925. The average molecular weight is 138 g/mol. The zero-order valence-electron chi connectivity index (χ0n) is 13.2. The Bertz CT molecular complexity index is 514. The third-order valence-electron chi connectivity index (χ3n) is 0.925. The number of allylic oxidation sites excluding steroid dienone is 2. The average Bonchev–Trinajstić information content (AvgIpc) is 2.38. The molecule has 0 nitrogen and oxygen atoms in total. The van der Waals surface area contributed by atoms with Crippen molar-refractivity contribution in [3.05, 3.63) is 54.9 Å². The van der Waals surface area contributed by atoms with Gasteiger partial charge in [0.2, 0.25) is 0 Å². The fraction of sp³-hybridized carbons (Fsp3) is 0. The lowest BCUT2D eigenvalue weighted by Gasteiger charge is -1.96. The van der Waals surface area contributed by atoms with Crippen LogP contribution < -0.4 is 0 Å². The van der Waals surface area contributed by atoms with Gasteiger partial charge in [0.15, 0.2) is 0 Å². The molecule has 0 saturated carbocycles. The van der Waals surface area contributed by atoms with Crippen LogP contribution in [0.2, 0.25) is 0 Å². The SMILES string of the molecule is [2H]C=C([2H])C(=C[2H])c1c([2H])c([2H])c([2H])c([2H])c1[2H]. The number of hydrogen-bond donors (Lipinski definition) is 0. The lowest BCUT2D eigenvalue weighted by atomic mass is 10.1. The highest BCUT2D eigenvalue weighted by Gasteiger charge is 1.88. The first-order valence-corrected chi connectivity index (χ1v) is 2.58. The van der Waals surface area contributed by atoms with Crippen LogP contribution in [-0.2, 0) is 0 Å². The predicted molar refractivity (Wildman–Crippen MR) is 45.7 cm³/mol. The molecule has 0 atom stereocenters. The molecular weight excluding hydrogens is 120 g/mol. The van der Waals surface area contributed by atoms with E-state index in [1.54, 1.807) is 0 Å². The van der Waals surface area contributed by atoms with Crippen LogP contribution in [0.5, 0.6) is 0 Å². The van der Waals surface area contributed by atoms with Gasteiger partial charge >= 0.3 is 0 Å². The summed E-state index contributed by atoms with van der Waals surface area (Å²) >= 11 is 0. The highest BCUT2D eigenvalue weighted by atomic mass is 13.9.